The number of rotatable bonds is 6. The first-order valence-corrected chi connectivity index (χ1v) is 11.0. The quantitative estimate of drug-likeness (QED) is 0.601. The first-order valence-electron chi connectivity index (χ1n) is 11.0. The molecule has 33 heavy (non-hydrogen) atoms. The van der Waals surface area contributed by atoms with E-state index in [9.17, 15) is 13.6 Å². The van der Waals surface area contributed by atoms with Gasteiger partial charge in [0.1, 0.15) is 34.6 Å². The summed E-state index contributed by atoms with van der Waals surface area (Å²) in [5.74, 6) is 0.153. The molecule has 2 saturated heterocycles. The van der Waals surface area contributed by atoms with Gasteiger partial charge < -0.3 is 23.9 Å². The molecule has 2 aliphatic heterocycles. The molecule has 0 aromatic carbocycles. The Labute approximate surface area is 188 Å². The highest BCUT2D eigenvalue weighted by Gasteiger charge is 2.23. The van der Waals surface area contributed by atoms with Crippen molar-refractivity contribution in [2.24, 2.45) is 0 Å². The summed E-state index contributed by atoms with van der Waals surface area (Å²) in [6, 6.07) is 5.74. The van der Waals surface area contributed by atoms with E-state index in [1.165, 1.54) is 18.2 Å². The fourth-order valence-electron chi connectivity index (χ4n) is 4.09. The van der Waals surface area contributed by atoms with Crippen molar-refractivity contribution < 1.29 is 27.8 Å². The van der Waals surface area contributed by atoms with Gasteiger partial charge in [-0.15, -0.1) is 0 Å². The van der Waals surface area contributed by atoms with Gasteiger partial charge in [-0.3, -0.25) is 4.79 Å². The van der Waals surface area contributed by atoms with Crippen LogP contribution in [0.2, 0.25) is 0 Å². The summed E-state index contributed by atoms with van der Waals surface area (Å²) in [4.78, 5) is 21.4. The lowest BCUT2D eigenvalue weighted by atomic mass is 9.97. The van der Waals surface area contributed by atoms with Crippen molar-refractivity contribution in [3.05, 3.63) is 53.7 Å². The van der Waals surface area contributed by atoms with Crippen molar-refractivity contribution in [2.45, 2.75) is 37.7 Å². The average molecular weight is 458 g/mol. The summed E-state index contributed by atoms with van der Waals surface area (Å²) < 4.78 is 44.8. The maximum atomic E-state index is 13.0. The number of fused-ring (bicyclic) bond motifs is 1. The number of imidazole rings is 1. The lowest BCUT2D eigenvalue weighted by Crippen LogP contribution is -2.19. The van der Waals surface area contributed by atoms with Gasteiger partial charge in [-0.1, -0.05) is 6.07 Å². The van der Waals surface area contributed by atoms with Gasteiger partial charge in [0.15, 0.2) is 0 Å². The first kappa shape index (κ1) is 21.7. The second-order valence-electron chi connectivity index (χ2n) is 8.18. The number of pyridine rings is 2. The lowest BCUT2D eigenvalue weighted by Gasteiger charge is -2.19. The molecular weight excluding hydrogens is 434 g/mol. The molecule has 1 amide bonds. The van der Waals surface area contributed by atoms with Crippen molar-refractivity contribution in [3.8, 4) is 5.75 Å². The maximum Gasteiger partial charge on any atom is 0.280 e. The summed E-state index contributed by atoms with van der Waals surface area (Å²) in [6.07, 6.45) is 3.31. The van der Waals surface area contributed by atoms with Gasteiger partial charge in [-0.25, -0.2) is 18.7 Å². The lowest BCUT2D eigenvalue weighted by molar-refractivity contribution is 0.0846. The van der Waals surface area contributed by atoms with Gasteiger partial charge in [0.25, 0.3) is 12.3 Å². The molecule has 0 aliphatic carbocycles. The number of carbonyl (C=O) groups excluding carboxylic acids is 1. The highest BCUT2D eigenvalue weighted by Crippen LogP contribution is 2.32. The zero-order chi connectivity index (χ0) is 22.8. The molecule has 1 unspecified atom stereocenters. The van der Waals surface area contributed by atoms with Gasteiger partial charge in [-0.05, 0) is 25.0 Å². The Hall–Kier alpha value is -3.11. The fourth-order valence-corrected chi connectivity index (χ4v) is 4.09. The predicted molar refractivity (Wildman–Crippen MR) is 115 cm³/mol. The van der Waals surface area contributed by atoms with Crippen LogP contribution in [0.15, 0.2) is 36.7 Å². The third-order valence-corrected chi connectivity index (χ3v) is 5.87. The van der Waals surface area contributed by atoms with Crippen LogP contribution < -0.4 is 10.1 Å². The van der Waals surface area contributed by atoms with Crippen LogP contribution in [0.1, 0.15) is 53.5 Å². The summed E-state index contributed by atoms with van der Waals surface area (Å²) >= 11 is 0. The zero-order valence-electron chi connectivity index (χ0n) is 17.9. The molecule has 1 N–H and O–H groups in total. The number of ether oxygens (including phenoxy) is 3. The fraction of sp³-hybridized carbons (Fsp3) is 0.435. The Morgan fingerprint density at radius 3 is 2.70 bits per heavy atom. The molecule has 0 spiro atoms. The third-order valence-electron chi connectivity index (χ3n) is 5.87. The van der Waals surface area contributed by atoms with E-state index in [1.54, 1.807) is 12.3 Å². The minimum Gasteiger partial charge on any atom is -0.486 e. The van der Waals surface area contributed by atoms with E-state index < -0.39 is 18.0 Å². The summed E-state index contributed by atoms with van der Waals surface area (Å²) in [5.41, 5.74) is 1.51. The molecule has 3 aromatic rings. The summed E-state index contributed by atoms with van der Waals surface area (Å²) in [7, 11) is 0. The van der Waals surface area contributed by atoms with E-state index in [0.29, 0.717) is 49.4 Å². The van der Waals surface area contributed by atoms with E-state index in [2.05, 4.69) is 10.3 Å². The average Bonchev–Trinajstić information content (AvgIpc) is 3.49. The second-order valence-corrected chi connectivity index (χ2v) is 8.18. The predicted octanol–water partition coefficient (Wildman–Crippen LogP) is 3.98. The zero-order valence-corrected chi connectivity index (χ0v) is 17.9. The molecule has 0 bridgehead atoms. The topological polar surface area (TPSA) is 87.0 Å². The van der Waals surface area contributed by atoms with Crippen LogP contribution >= 0.6 is 0 Å². The Balaban J connectivity index is 1.46. The summed E-state index contributed by atoms with van der Waals surface area (Å²) in [5, 5.41) is 2.77. The van der Waals surface area contributed by atoms with Crippen LogP contribution in [0.25, 0.3) is 5.65 Å². The van der Waals surface area contributed by atoms with Crippen LogP contribution in [0, 0.1) is 0 Å². The van der Waals surface area contributed by atoms with Crippen LogP contribution in [0.5, 0.6) is 5.75 Å². The molecule has 0 radical (unpaired) electrons. The standard InChI is InChI=1S/C23H24F2N4O4/c24-22(25)16-2-1-3-17(26-16)23(30)28-19-12-29-11-18(14-4-7-31-8-5-14)27-21(29)10-20(19)33-15-6-9-32-13-15/h1-3,10-12,14-15,22H,4-9,13H2,(H,28,30). The van der Waals surface area contributed by atoms with Crippen molar-refractivity contribution in [2.75, 3.05) is 31.7 Å². The molecule has 10 heteroatoms. The molecular formula is C23H24F2N4O4. The molecule has 8 nitrogen and oxygen atoms in total. The number of amides is 1. The Kier molecular flexibility index (Phi) is 6.19. The van der Waals surface area contributed by atoms with Gasteiger partial charge in [0.2, 0.25) is 0 Å². The largest absolute Gasteiger partial charge is 0.486 e. The monoisotopic (exact) mass is 458 g/mol. The number of nitrogens with zero attached hydrogens (tertiary/aromatic N) is 3. The first-order chi connectivity index (χ1) is 16.1. The number of carbonyl (C=O) groups is 1. The van der Waals surface area contributed by atoms with Gasteiger partial charge in [-0.2, -0.15) is 0 Å². The number of nitrogens with one attached hydrogen (secondary N) is 1. The minimum atomic E-state index is -2.76. The smallest absolute Gasteiger partial charge is 0.280 e. The highest BCUT2D eigenvalue weighted by molar-refractivity contribution is 6.03. The number of alkyl halides is 2. The van der Waals surface area contributed by atoms with E-state index in [-0.39, 0.29) is 11.8 Å². The van der Waals surface area contributed by atoms with E-state index in [4.69, 9.17) is 19.2 Å². The molecule has 5 heterocycles. The van der Waals surface area contributed by atoms with Crippen molar-refractivity contribution in [1.82, 2.24) is 14.4 Å². The van der Waals surface area contributed by atoms with Crippen molar-refractivity contribution >= 4 is 17.2 Å². The Morgan fingerprint density at radius 2 is 1.94 bits per heavy atom. The number of halogens is 2. The van der Waals surface area contributed by atoms with Crippen molar-refractivity contribution in [3.63, 3.8) is 0 Å². The van der Waals surface area contributed by atoms with Crippen LogP contribution in [0.4, 0.5) is 14.5 Å². The maximum absolute atomic E-state index is 13.0. The number of hydrogen-bond donors (Lipinski definition) is 1. The van der Waals surface area contributed by atoms with Crippen LogP contribution in [-0.4, -0.2) is 52.8 Å². The van der Waals surface area contributed by atoms with E-state index >= 15 is 0 Å². The van der Waals surface area contributed by atoms with Gasteiger partial charge in [0, 0.05) is 44.0 Å². The SMILES string of the molecule is O=C(Nc1cn2cc(C3CCOCC3)nc2cc1OC1CCOC1)c1cccc(C(F)F)n1. The number of hydrogen-bond acceptors (Lipinski definition) is 6. The van der Waals surface area contributed by atoms with E-state index in [1.807, 2.05) is 10.6 Å². The molecule has 0 saturated carbocycles. The molecule has 174 valence electrons. The number of anilines is 1. The van der Waals surface area contributed by atoms with Crippen LogP contribution in [0.3, 0.4) is 0 Å². The molecule has 1 atom stereocenters. The van der Waals surface area contributed by atoms with Gasteiger partial charge in [0.05, 0.1) is 18.9 Å². The molecule has 3 aromatic heterocycles. The second kappa shape index (κ2) is 9.40. The molecule has 5 rings (SSSR count). The van der Waals surface area contributed by atoms with Crippen molar-refractivity contribution in [1.29, 1.82) is 0 Å². The minimum absolute atomic E-state index is 0.100. The number of aromatic nitrogens is 3. The normalized spacial score (nSPS) is 19.3. The summed E-state index contributed by atoms with van der Waals surface area (Å²) in [6.45, 7) is 2.48. The van der Waals surface area contributed by atoms with E-state index in [0.717, 1.165) is 25.0 Å². The Morgan fingerprint density at radius 1 is 1.12 bits per heavy atom. The molecule has 2 fully saturated rings. The van der Waals surface area contributed by atoms with Gasteiger partial charge >= 0.3 is 0 Å². The van der Waals surface area contributed by atoms with Crippen LogP contribution in [-0.2, 0) is 9.47 Å². The highest BCUT2D eigenvalue weighted by atomic mass is 19.3. The Bertz CT molecular complexity index is 1140. The third kappa shape index (κ3) is 4.81. The molecule has 2 aliphatic rings.